The second kappa shape index (κ2) is 3.50. The van der Waals surface area contributed by atoms with Crippen LogP contribution in [-0.2, 0) is 4.43 Å². The van der Waals surface area contributed by atoms with Gasteiger partial charge in [0.1, 0.15) is 0 Å². The first-order valence-electron chi connectivity index (χ1n) is 4.02. The largest absolute Gasteiger partial charge is 0.420 e. The Morgan fingerprint density at radius 3 is 2.90 bits per heavy atom. The zero-order chi connectivity index (χ0) is 7.45. The van der Waals surface area contributed by atoms with Crippen molar-refractivity contribution in [2.75, 3.05) is 6.61 Å². The zero-order valence-electron chi connectivity index (χ0n) is 6.73. The standard InChI is InChI=1S/C7H16OSi2/c1-2-6-10(9)7-4-3-5-8-10/h2H,1,3-7H2,9H3. The average molecular weight is 172 g/mol. The minimum atomic E-state index is -1.12. The quantitative estimate of drug-likeness (QED) is 0.442. The summed E-state index contributed by atoms with van der Waals surface area (Å²) in [4.78, 5) is 0. The van der Waals surface area contributed by atoms with Gasteiger partial charge in [-0.2, -0.15) is 0 Å². The van der Waals surface area contributed by atoms with Gasteiger partial charge in [-0.15, -0.1) is 6.58 Å². The van der Waals surface area contributed by atoms with Crippen LogP contribution >= 0.6 is 0 Å². The maximum absolute atomic E-state index is 5.84. The van der Waals surface area contributed by atoms with E-state index >= 15 is 0 Å². The van der Waals surface area contributed by atoms with Crippen LogP contribution in [0.25, 0.3) is 0 Å². The van der Waals surface area contributed by atoms with E-state index < -0.39 is 7.83 Å². The lowest BCUT2D eigenvalue weighted by atomic mass is 10.4. The van der Waals surface area contributed by atoms with E-state index in [4.69, 9.17) is 4.43 Å². The van der Waals surface area contributed by atoms with Crippen molar-refractivity contribution in [3.05, 3.63) is 12.7 Å². The Balaban J connectivity index is 2.39. The molecule has 1 aliphatic rings. The maximum Gasteiger partial charge on any atom is 0.172 e. The van der Waals surface area contributed by atoms with E-state index in [2.05, 4.69) is 6.58 Å². The second-order valence-corrected chi connectivity index (χ2v) is 12.8. The van der Waals surface area contributed by atoms with Crippen LogP contribution < -0.4 is 0 Å². The molecule has 1 saturated heterocycles. The van der Waals surface area contributed by atoms with Gasteiger partial charge in [-0.25, -0.2) is 0 Å². The fourth-order valence-corrected chi connectivity index (χ4v) is 6.71. The SMILES string of the molecule is C=CC[Si]1([SiH3])CCCCO1. The molecule has 3 heteroatoms. The first-order chi connectivity index (χ1) is 4.77. The Morgan fingerprint density at radius 1 is 1.60 bits per heavy atom. The number of allylic oxidation sites excluding steroid dienone is 1. The molecule has 1 nitrogen and oxygen atoms in total. The van der Waals surface area contributed by atoms with Crippen molar-refractivity contribution >= 4 is 17.6 Å². The summed E-state index contributed by atoms with van der Waals surface area (Å²) in [6.07, 6.45) is 4.74. The lowest BCUT2D eigenvalue weighted by Gasteiger charge is -2.30. The third kappa shape index (κ3) is 2.07. The first-order valence-corrected chi connectivity index (χ1v) is 9.84. The van der Waals surface area contributed by atoms with Crippen molar-refractivity contribution in [2.45, 2.75) is 24.9 Å². The fourth-order valence-electron chi connectivity index (χ4n) is 1.46. The molecule has 1 fully saturated rings. The summed E-state index contributed by atoms with van der Waals surface area (Å²) in [6.45, 7) is 4.81. The van der Waals surface area contributed by atoms with Crippen molar-refractivity contribution in [3.63, 3.8) is 0 Å². The third-order valence-electron chi connectivity index (χ3n) is 2.13. The summed E-state index contributed by atoms with van der Waals surface area (Å²) < 4.78 is 5.84. The summed E-state index contributed by atoms with van der Waals surface area (Å²) in [5, 5.41) is 0. The Hall–Kier alpha value is 0.134. The highest BCUT2D eigenvalue weighted by Gasteiger charge is 2.28. The Bertz CT molecular complexity index is 119. The van der Waals surface area contributed by atoms with Crippen LogP contribution in [0.4, 0.5) is 0 Å². The molecule has 1 unspecified atom stereocenters. The lowest BCUT2D eigenvalue weighted by molar-refractivity contribution is 0.282. The van der Waals surface area contributed by atoms with E-state index in [-0.39, 0.29) is 0 Å². The number of hydrogen-bond donors (Lipinski definition) is 0. The molecule has 0 radical (unpaired) electrons. The van der Waals surface area contributed by atoms with E-state index in [0.29, 0.717) is 0 Å². The van der Waals surface area contributed by atoms with Crippen molar-refractivity contribution in [3.8, 4) is 0 Å². The molecule has 0 spiro atoms. The minimum Gasteiger partial charge on any atom is -0.420 e. The third-order valence-corrected chi connectivity index (χ3v) is 9.18. The molecule has 1 aliphatic heterocycles. The molecule has 0 bridgehead atoms. The van der Waals surface area contributed by atoms with Gasteiger partial charge in [0.2, 0.25) is 0 Å². The van der Waals surface area contributed by atoms with Gasteiger partial charge in [0.05, 0.1) is 0 Å². The monoisotopic (exact) mass is 172 g/mol. The van der Waals surface area contributed by atoms with Crippen LogP contribution in [0.2, 0.25) is 12.1 Å². The Kier molecular flexibility index (Phi) is 2.88. The smallest absolute Gasteiger partial charge is 0.172 e. The summed E-state index contributed by atoms with van der Waals surface area (Å²) in [7, 11) is 0.169. The van der Waals surface area contributed by atoms with E-state index in [9.17, 15) is 0 Å². The highest BCUT2D eigenvalue weighted by Crippen LogP contribution is 2.22. The van der Waals surface area contributed by atoms with E-state index in [1.807, 2.05) is 6.08 Å². The second-order valence-electron chi connectivity index (χ2n) is 3.25. The minimum absolute atomic E-state index is 1.03. The highest BCUT2D eigenvalue weighted by atomic mass is 29.2. The van der Waals surface area contributed by atoms with Gasteiger partial charge >= 0.3 is 0 Å². The number of hydrogen-bond acceptors (Lipinski definition) is 1. The van der Waals surface area contributed by atoms with E-state index in [1.165, 1.54) is 34.7 Å². The van der Waals surface area contributed by atoms with Gasteiger partial charge in [0.15, 0.2) is 7.83 Å². The van der Waals surface area contributed by atoms with Crippen LogP contribution in [0, 0.1) is 0 Å². The van der Waals surface area contributed by atoms with Gasteiger partial charge in [0, 0.05) is 16.4 Å². The molecule has 1 atom stereocenters. The van der Waals surface area contributed by atoms with Crippen molar-refractivity contribution in [1.29, 1.82) is 0 Å². The molecule has 0 aromatic heterocycles. The predicted octanol–water partition coefficient (Wildman–Crippen LogP) is 0.790. The fraction of sp³-hybridized carbons (Fsp3) is 0.714. The van der Waals surface area contributed by atoms with Gasteiger partial charge in [-0.1, -0.05) is 12.5 Å². The molecular weight excluding hydrogens is 156 g/mol. The number of rotatable bonds is 2. The van der Waals surface area contributed by atoms with Crippen LogP contribution in [-0.4, -0.2) is 24.2 Å². The van der Waals surface area contributed by atoms with E-state index in [0.717, 1.165) is 6.61 Å². The molecule has 0 aliphatic carbocycles. The summed E-state index contributed by atoms with van der Waals surface area (Å²) in [5.74, 6) is 0. The topological polar surface area (TPSA) is 9.23 Å². The first kappa shape index (κ1) is 8.23. The van der Waals surface area contributed by atoms with E-state index in [1.54, 1.807) is 0 Å². The molecule has 58 valence electrons. The van der Waals surface area contributed by atoms with Crippen LogP contribution in [0.3, 0.4) is 0 Å². The van der Waals surface area contributed by atoms with Crippen molar-refractivity contribution in [2.24, 2.45) is 0 Å². The molecule has 0 aromatic rings. The highest BCUT2D eigenvalue weighted by molar-refractivity contribution is 7.13. The van der Waals surface area contributed by atoms with Crippen molar-refractivity contribution in [1.82, 2.24) is 0 Å². The van der Waals surface area contributed by atoms with Gasteiger partial charge < -0.3 is 4.43 Å². The zero-order valence-corrected chi connectivity index (χ0v) is 9.73. The molecule has 0 saturated carbocycles. The Morgan fingerprint density at radius 2 is 2.40 bits per heavy atom. The molecule has 0 N–H and O–H groups in total. The molecule has 1 rings (SSSR count). The van der Waals surface area contributed by atoms with Gasteiger partial charge in [0.25, 0.3) is 0 Å². The summed E-state index contributed by atoms with van der Waals surface area (Å²) in [5.41, 5.74) is 0. The molecule has 1 heterocycles. The predicted molar refractivity (Wildman–Crippen MR) is 50.7 cm³/mol. The molecule has 0 amide bonds. The van der Waals surface area contributed by atoms with Crippen LogP contribution in [0.1, 0.15) is 12.8 Å². The Labute approximate surface area is 66.8 Å². The lowest BCUT2D eigenvalue weighted by Crippen LogP contribution is -2.41. The normalized spacial score (nSPS) is 34.0. The molecular formula is C7H16OSi2. The summed E-state index contributed by atoms with van der Waals surface area (Å²) in [6, 6.07) is 2.59. The van der Waals surface area contributed by atoms with Crippen LogP contribution in [0.15, 0.2) is 12.7 Å². The van der Waals surface area contributed by atoms with Crippen LogP contribution in [0.5, 0.6) is 0 Å². The maximum atomic E-state index is 5.84. The molecule has 0 aromatic carbocycles. The van der Waals surface area contributed by atoms with Crippen molar-refractivity contribution < 1.29 is 4.43 Å². The summed E-state index contributed by atoms with van der Waals surface area (Å²) >= 11 is 0. The average Bonchev–Trinajstić information content (AvgIpc) is 1.89. The van der Waals surface area contributed by atoms with Gasteiger partial charge in [-0.3, -0.25) is 0 Å². The molecule has 10 heavy (non-hydrogen) atoms. The van der Waals surface area contributed by atoms with Gasteiger partial charge in [-0.05, 0) is 18.5 Å².